The van der Waals surface area contributed by atoms with Crippen molar-refractivity contribution in [3.8, 4) is 0 Å². The molecule has 2 rings (SSSR count). The summed E-state index contributed by atoms with van der Waals surface area (Å²) in [5, 5.41) is 14.7. The molecule has 1 saturated carbocycles. The van der Waals surface area contributed by atoms with Gasteiger partial charge in [0.15, 0.2) is 0 Å². The predicted molar refractivity (Wildman–Crippen MR) is 73.5 cm³/mol. The Bertz CT molecular complexity index is 377. The second kappa shape index (κ2) is 6.34. The summed E-state index contributed by atoms with van der Waals surface area (Å²) in [6.45, 7) is 2.84. The van der Waals surface area contributed by atoms with E-state index in [-0.39, 0.29) is 11.8 Å². The first-order valence-electron chi connectivity index (χ1n) is 6.65. The fourth-order valence-electron chi connectivity index (χ4n) is 2.50. The molecule has 3 unspecified atom stereocenters. The smallest absolute Gasteiger partial charge is 0.225 e. The monoisotopic (exact) mass is 267 g/mol. The zero-order chi connectivity index (χ0) is 13.0. The average Bonchev–Trinajstić information content (AvgIpc) is 2.97. The largest absolute Gasteiger partial charge is 0.392 e. The number of thiophene rings is 1. The Morgan fingerprint density at radius 2 is 2.44 bits per heavy atom. The Balaban J connectivity index is 1.72. The van der Waals surface area contributed by atoms with Crippen molar-refractivity contribution in [3.63, 3.8) is 0 Å². The molecule has 0 spiro atoms. The molecule has 0 aromatic carbocycles. The van der Waals surface area contributed by atoms with E-state index in [1.54, 1.807) is 11.3 Å². The maximum absolute atomic E-state index is 11.9. The fourth-order valence-corrected chi connectivity index (χ4v) is 3.37. The summed E-state index contributed by atoms with van der Waals surface area (Å²) in [6.07, 6.45) is 3.13. The SMILES string of the molecule is CC(CNC(=O)C1CCCC1O)Cc1cccs1. The van der Waals surface area contributed by atoms with Crippen LogP contribution in [0.3, 0.4) is 0 Å². The Morgan fingerprint density at radius 1 is 1.61 bits per heavy atom. The van der Waals surface area contributed by atoms with E-state index in [9.17, 15) is 9.90 Å². The zero-order valence-electron chi connectivity index (χ0n) is 10.8. The summed E-state index contributed by atoms with van der Waals surface area (Å²) in [4.78, 5) is 13.3. The molecule has 0 aliphatic heterocycles. The highest BCUT2D eigenvalue weighted by Crippen LogP contribution is 2.25. The maximum Gasteiger partial charge on any atom is 0.225 e. The standard InChI is InChI=1S/C14H21NO2S/c1-10(8-11-4-3-7-18-11)9-15-14(17)12-5-2-6-13(12)16/h3-4,7,10,12-13,16H,2,5-6,8-9H2,1H3,(H,15,17). The van der Waals surface area contributed by atoms with Gasteiger partial charge in [0.2, 0.25) is 5.91 Å². The number of carbonyl (C=O) groups is 1. The Kier molecular flexibility index (Phi) is 4.78. The molecular weight excluding hydrogens is 246 g/mol. The van der Waals surface area contributed by atoms with Gasteiger partial charge in [0.1, 0.15) is 0 Å². The lowest BCUT2D eigenvalue weighted by Gasteiger charge is -2.17. The third-order valence-electron chi connectivity index (χ3n) is 3.57. The van der Waals surface area contributed by atoms with Crippen LogP contribution >= 0.6 is 11.3 Å². The number of nitrogens with one attached hydrogen (secondary N) is 1. The Morgan fingerprint density at radius 3 is 3.06 bits per heavy atom. The van der Waals surface area contributed by atoms with E-state index in [0.29, 0.717) is 12.5 Å². The number of rotatable bonds is 5. The Labute approximate surface area is 112 Å². The number of carbonyl (C=O) groups excluding carboxylic acids is 1. The molecule has 1 heterocycles. The summed E-state index contributed by atoms with van der Waals surface area (Å²) < 4.78 is 0. The van der Waals surface area contributed by atoms with Gasteiger partial charge in [-0.2, -0.15) is 0 Å². The van der Waals surface area contributed by atoms with E-state index in [2.05, 4.69) is 29.8 Å². The minimum absolute atomic E-state index is 0.0260. The van der Waals surface area contributed by atoms with E-state index in [1.165, 1.54) is 4.88 Å². The lowest BCUT2D eigenvalue weighted by Crippen LogP contribution is -2.37. The molecule has 0 radical (unpaired) electrons. The van der Waals surface area contributed by atoms with Gasteiger partial charge >= 0.3 is 0 Å². The predicted octanol–water partition coefficient (Wildman–Crippen LogP) is 2.20. The quantitative estimate of drug-likeness (QED) is 0.859. The summed E-state index contributed by atoms with van der Waals surface area (Å²) in [5.74, 6) is 0.281. The third-order valence-corrected chi connectivity index (χ3v) is 4.47. The van der Waals surface area contributed by atoms with Gasteiger partial charge in [0.05, 0.1) is 12.0 Å². The molecule has 2 N–H and O–H groups in total. The molecule has 1 aliphatic carbocycles. The van der Waals surface area contributed by atoms with Crippen molar-refractivity contribution in [2.24, 2.45) is 11.8 Å². The van der Waals surface area contributed by atoms with Crippen molar-refractivity contribution in [2.75, 3.05) is 6.54 Å². The lowest BCUT2D eigenvalue weighted by molar-refractivity contribution is -0.127. The van der Waals surface area contributed by atoms with Gasteiger partial charge < -0.3 is 10.4 Å². The number of aliphatic hydroxyl groups excluding tert-OH is 1. The van der Waals surface area contributed by atoms with Crippen molar-refractivity contribution in [3.05, 3.63) is 22.4 Å². The van der Waals surface area contributed by atoms with Crippen LogP contribution in [0.2, 0.25) is 0 Å². The van der Waals surface area contributed by atoms with Crippen LogP contribution in [0.15, 0.2) is 17.5 Å². The van der Waals surface area contributed by atoms with Gasteiger partial charge in [0.25, 0.3) is 0 Å². The molecule has 3 nitrogen and oxygen atoms in total. The van der Waals surface area contributed by atoms with E-state index in [4.69, 9.17) is 0 Å². The molecular formula is C14H21NO2S. The minimum atomic E-state index is -0.433. The van der Waals surface area contributed by atoms with Crippen LogP contribution in [0.4, 0.5) is 0 Å². The maximum atomic E-state index is 11.9. The lowest BCUT2D eigenvalue weighted by atomic mass is 10.0. The van der Waals surface area contributed by atoms with Crippen LogP contribution in [0.5, 0.6) is 0 Å². The molecule has 1 aliphatic rings. The van der Waals surface area contributed by atoms with Crippen molar-refractivity contribution < 1.29 is 9.90 Å². The molecule has 0 saturated heterocycles. The van der Waals surface area contributed by atoms with Crippen LogP contribution in [-0.4, -0.2) is 23.7 Å². The highest BCUT2D eigenvalue weighted by Gasteiger charge is 2.31. The van der Waals surface area contributed by atoms with Crippen molar-refractivity contribution in [1.82, 2.24) is 5.32 Å². The summed E-state index contributed by atoms with van der Waals surface area (Å²) in [6, 6.07) is 4.18. The van der Waals surface area contributed by atoms with Crippen molar-refractivity contribution in [1.29, 1.82) is 0 Å². The van der Waals surface area contributed by atoms with Crippen molar-refractivity contribution >= 4 is 17.2 Å². The first-order valence-corrected chi connectivity index (χ1v) is 7.53. The molecule has 1 fully saturated rings. The van der Waals surface area contributed by atoms with E-state index >= 15 is 0 Å². The van der Waals surface area contributed by atoms with Crippen LogP contribution in [-0.2, 0) is 11.2 Å². The van der Waals surface area contributed by atoms with Gasteiger partial charge in [-0.15, -0.1) is 11.3 Å². The molecule has 100 valence electrons. The topological polar surface area (TPSA) is 49.3 Å². The van der Waals surface area contributed by atoms with Gasteiger partial charge in [0, 0.05) is 11.4 Å². The van der Waals surface area contributed by atoms with Gasteiger partial charge in [-0.25, -0.2) is 0 Å². The van der Waals surface area contributed by atoms with Crippen LogP contribution in [0.25, 0.3) is 0 Å². The number of amides is 1. The van der Waals surface area contributed by atoms with Gasteiger partial charge in [-0.3, -0.25) is 4.79 Å². The molecule has 4 heteroatoms. The van der Waals surface area contributed by atoms with Crippen LogP contribution in [0.1, 0.15) is 31.1 Å². The Hall–Kier alpha value is -0.870. The number of aliphatic hydroxyl groups is 1. The molecule has 1 amide bonds. The second-order valence-corrected chi connectivity index (χ2v) is 6.27. The van der Waals surface area contributed by atoms with E-state index < -0.39 is 6.10 Å². The van der Waals surface area contributed by atoms with Crippen LogP contribution < -0.4 is 5.32 Å². The minimum Gasteiger partial charge on any atom is -0.392 e. The first kappa shape index (κ1) is 13.6. The second-order valence-electron chi connectivity index (χ2n) is 5.24. The molecule has 3 atom stereocenters. The number of hydrogen-bond donors (Lipinski definition) is 2. The van der Waals surface area contributed by atoms with E-state index in [1.807, 2.05) is 0 Å². The normalized spacial score (nSPS) is 25.0. The molecule has 18 heavy (non-hydrogen) atoms. The van der Waals surface area contributed by atoms with E-state index in [0.717, 1.165) is 25.7 Å². The van der Waals surface area contributed by atoms with Gasteiger partial charge in [-0.05, 0) is 43.0 Å². The fraction of sp³-hybridized carbons (Fsp3) is 0.643. The van der Waals surface area contributed by atoms with Crippen LogP contribution in [0, 0.1) is 11.8 Å². The third kappa shape index (κ3) is 3.56. The zero-order valence-corrected chi connectivity index (χ0v) is 11.6. The molecule has 0 bridgehead atoms. The van der Waals surface area contributed by atoms with Crippen molar-refractivity contribution in [2.45, 2.75) is 38.7 Å². The molecule has 1 aromatic rings. The average molecular weight is 267 g/mol. The van der Waals surface area contributed by atoms with Gasteiger partial charge in [-0.1, -0.05) is 13.0 Å². The number of hydrogen-bond acceptors (Lipinski definition) is 3. The summed E-state index contributed by atoms with van der Waals surface area (Å²) in [5.41, 5.74) is 0. The highest BCUT2D eigenvalue weighted by atomic mass is 32.1. The summed E-state index contributed by atoms with van der Waals surface area (Å²) >= 11 is 1.76. The summed E-state index contributed by atoms with van der Waals surface area (Å²) in [7, 11) is 0. The first-order chi connectivity index (χ1) is 8.66. The molecule has 1 aromatic heterocycles. The highest BCUT2D eigenvalue weighted by molar-refractivity contribution is 7.09.